The van der Waals surface area contributed by atoms with Crippen LogP contribution in [0.2, 0.25) is 10.0 Å². The Bertz CT molecular complexity index is 1100. The van der Waals surface area contributed by atoms with E-state index in [1.54, 1.807) is 29.2 Å². The average molecular weight is 431 g/mol. The molecule has 0 spiro atoms. The standard InChI is InChI=1S/C21H20Cl2N4O2/c1-12-4-2-6-17(24-12)26-20(28)13-5-3-9-27(11-13)21(29)19-18(23)15-10-14(22)7-8-16(15)25-19/h2,4,6-8,10,13,25H,3,5,9,11H2,1H3,(H,24,26,28). The molecular weight excluding hydrogens is 411 g/mol. The number of benzene rings is 1. The molecule has 3 aromatic rings. The molecule has 2 amide bonds. The highest BCUT2D eigenvalue weighted by Crippen LogP contribution is 2.31. The van der Waals surface area contributed by atoms with Gasteiger partial charge in [-0.05, 0) is 50.1 Å². The number of hydrogen-bond donors (Lipinski definition) is 2. The van der Waals surface area contributed by atoms with Gasteiger partial charge in [0, 0.05) is 34.7 Å². The summed E-state index contributed by atoms with van der Waals surface area (Å²) in [6.07, 6.45) is 1.46. The number of pyridine rings is 1. The molecular formula is C21H20Cl2N4O2. The van der Waals surface area contributed by atoms with E-state index in [2.05, 4.69) is 15.3 Å². The molecule has 1 saturated heterocycles. The number of aryl methyl sites for hydroxylation is 1. The normalized spacial score (nSPS) is 16.8. The number of fused-ring (bicyclic) bond motifs is 1. The fourth-order valence-corrected chi connectivity index (χ4v) is 4.11. The third-order valence-electron chi connectivity index (χ3n) is 5.13. The highest BCUT2D eigenvalue weighted by Gasteiger charge is 2.31. The number of anilines is 1. The molecule has 1 aliphatic heterocycles. The summed E-state index contributed by atoms with van der Waals surface area (Å²) in [4.78, 5) is 34.8. The number of carbonyl (C=O) groups is 2. The molecule has 6 nitrogen and oxygen atoms in total. The van der Waals surface area contributed by atoms with E-state index in [0.29, 0.717) is 40.0 Å². The van der Waals surface area contributed by atoms with Crippen LogP contribution in [0.3, 0.4) is 0 Å². The van der Waals surface area contributed by atoms with Gasteiger partial charge in [0.2, 0.25) is 5.91 Å². The molecule has 8 heteroatoms. The molecule has 1 atom stereocenters. The summed E-state index contributed by atoms with van der Waals surface area (Å²) < 4.78 is 0. The van der Waals surface area contributed by atoms with Crippen molar-refractivity contribution in [3.05, 3.63) is 57.8 Å². The third-order valence-corrected chi connectivity index (χ3v) is 5.76. The molecule has 150 valence electrons. The van der Waals surface area contributed by atoms with Gasteiger partial charge in [-0.15, -0.1) is 0 Å². The summed E-state index contributed by atoms with van der Waals surface area (Å²) in [6, 6.07) is 10.7. The number of H-pyrrole nitrogens is 1. The maximum atomic E-state index is 13.1. The zero-order chi connectivity index (χ0) is 20.5. The van der Waals surface area contributed by atoms with Gasteiger partial charge in [0.05, 0.1) is 10.9 Å². The van der Waals surface area contributed by atoms with E-state index in [1.807, 2.05) is 19.1 Å². The van der Waals surface area contributed by atoms with Gasteiger partial charge in [-0.2, -0.15) is 0 Å². The quantitative estimate of drug-likeness (QED) is 0.633. The molecule has 1 fully saturated rings. The van der Waals surface area contributed by atoms with Gasteiger partial charge in [0.15, 0.2) is 0 Å². The number of nitrogens with zero attached hydrogens (tertiary/aromatic N) is 2. The highest BCUT2D eigenvalue weighted by atomic mass is 35.5. The number of piperidine rings is 1. The number of carbonyl (C=O) groups excluding carboxylic acids is 2. The first-order chi connectivity index (χ1) is 13.9. The van der Waals surface area contributed by atoms with Crippen molar-refractivity contribution in [2.24, 2.45) is 5.92 Å². The Morgan fingerprint density at radius 2 is 2.07 bits per heavy atom. The van der Waals surface area contributed by atoms with Crippen LogP contribution in [-0.2, 0) is 4.79 Å². The molecule has 1 aromatic carbocycles. The number of rotatable bonds is 3. The van der Waals surface area contributed by atoms with E-state index in [9.17, 15) is 9.59 Å². The highest BCUT2D eigenvalue weighted by molar-refractivity contribution is 6.39. The van der Waals surface area contributed by atoms with Gasteiger partial charge >= 0.3 is 0 Å². The first-order valence-electron chi connectivity index (χ1n) is 9.43. The van der Waals surface area contributed by atoms with E-state index in [4.69, 9.17) is 23.2 Å². The van der Waals surface area contributed by atoms with Crippen molar-refractivity contribution in [1.82, 2.24) is 14.9 Å². The Balaban J connectivity index is 1.50. The molecule has 0 aliphatic carbocycles. The lowest BCUT2D eigenvalue weighted by atomic mass is 9.97. The fourth-order valence-electron chi connectivity index (χ4n) is 3.65. The van der Waals surface area contributed by atoms with Crippen molar-refractivity contribution in [2.45, 2.75) is 19.8 Å². The second-order valence-electron chi connectivity index (χ2n) is 7.25. The van der Waals surface area contributed by atoms with Gasteiger partial charge < -0.3 is 15.2 Å². The Hall–Kier alpha value is -2.57. The summed E-state index contributed by atoms with van der Waals surface area (Å²) in [7, 11) is 0. The lowest BCUT2D eigenvalue weighted by Gasteiger charge is -2.31. The third kappa shape index (κ3) is 4.09. The minimum atomic E-state index is -0.299. The number of amides is 2. The molecule has 3 heterocycles. The van der Waals surface area contributed by atoms with Crippen molar-refractivity contribution < 1.29 is 9.59 Å². The minimum absolute atomic E-state index is 0.130. The lowest BCUT2D eigenvalue weighted by molar-refractivity contribution is -0.121. The molecule has 0 radical (unpaired) electrons. The van der Waals surface area contributed by atoms with Crippen LogP contribution in [0.15, 0.2) is 36.4 Å². The van der Waals surface area contributed by atoms with Crippen LogP contribution in [0.25, 0.3) is 10.9 Å². The van der Waals surface area contributed by atoms with Gasteiger partial charge in [0.1, 0.15) is 11.5 Å². The Labute approximate surface area is 178 Å². The van der Waals surface area contributed by atoms with Crippen LogP contribution >= 0.6 is 23.2 Å². The zero-order valence-corrected chi connectivity index (χ0v) is 17.3. The molecule has 2 aromatic heterocycles. The average Bonchev–Trinajstić information content (AvgIpc) is 3.03. The molecule has 4 rings (SSSR count). The topological polar surface area (TPSA) is 78.1 Å². The first kappa shape index (κ1) is 19.7. The Kier molecular flexibility index (Phi) is 5.48. The number of hydrogen-bond acceptors (Lipinski definition) is 3. The molecule has 1 unspecified atom stereocenters. The van der Waals surface area contributed by atoms with Gasteiger partial charge in [-0.25, -0.2) is 4.98 Å². The SMILES string of the molecule is Cc1cccc(NC(=O)C2CCCN(C(=O)c3[nH]c4ccc(Cl)cc4c3Cl)C2)n1. The maximum Gasteiger partial charge on any atom is 0.271 e. The number of nitrogens with one attached hydrogen (secondary N) is 2. The van der Waals surface area contributed by atoms with Crippen LogP contribution in [0.4, 0.5) is 5.82 Å². The monoisotopic (exact) mass is 430 g/mol. The van der Waals surface area contributed by atoms with Crippen LogP contribution < -0.4 is 5.32 Å². The van der Waals surface area contributed by atoms with E-state index < -0.39 is 0 Å². The largest absolute Gasteiger partial charge is 0.349 e. The fraction of sp³-hybridized carbons (Fsp3) is 0.286. The van der Waals surface area contributed by atoms with Crippen LogP contribution in [-0.4, -0.2) is 39.8 Å². The van der Waals surface area contributed by atoms with Crippen molar-refractivity contribution in [2.75, 3.05) is 18.4 Å². The van der Waals surface area contributed by atoms with E-state index >= 15 is 0 Å². The van der Waals surface area contributed by atoms with E-state index in [-0.39, 0.29) is 17.7 Å². The van der Waals surface area contributed by atoms with E-state index in [1.165, 1.54) is 0 Å². The number of likely N-dealkylation sites (tertiary alicyclic amines) is 1. The predicted octanol–water partition coefficient (Wildman–Crippen LogP) is 4.67. The number of halogens is 2. The second kappa shape index (κ2) is 8.05. The van der Waals surface area contributed by atoms with Crippen molar-refractivity contribution >= 4 is 51.7 Å². The zero-order valence-electron chi connectivity index (χ0n) is 15.8. The summed E-state index contributed by atoms with van der Waals surface area (Å²) in [5, 5.41) is 4.46. The summed E-state index contributed by atoms with van der Waals surface area (Å²) in [6.45, 7) is 2.79. The van der Waals surface area contributed by atoms with Crippen LogP contribution in [0.5, 0.6) is 0 Å². The maximum absolute atomic E-state index is 13.1. The molecule has 1 aliphatic rings. The first-order valence-corrected chi connectivity index (χ1v) is 10.2. The summed E-state index contributed by atoms with van der Waals surface area (Å²) in [5.74, 6) is -0.120. The number of aromatic amines is 1. The summed E-state index contributed by atoms with van der Waals surface area (Å²) >= 11 is 12.5. The summed E-state index contributed by atoms with van der Waals surface area (Å²) in [5.41, 5.74) is 1.90. The van der Waals surface area contributed by atoms with Crippen molar-refractivity contribution in [3.8, 4) is 0 Å². The number of aromatic nitrogens is 2. The van der Waals surface area contributed by atoms with Gasteiger partial charge in [-0.1, -0.05) is 29.3 Å². The lowest BCUT2D eigenvalue weighted by Crippen LogP contribution is -2.44. The van der Waals surface area contributed by atoms with E-state index in [0.717, 1.165) is 24.1 Å². The smallest absolute Gasteiger partial charge is 0.271 e. The van der Waals surface area contributed by atoms with Crippen molar-refractivity contribution in [3.63, 3.8) is 0 Å². The Morgan fingerprint density at radius 3 is 2.86 bits per heavy atom. The van der Waals surface area contributed by atoms with Crippen molar-refractivity contribution in [1.29, 1.82) is 0 Å². The molecule has 2 N–H and O–H groups in total. The van der Waals surface area contributed by atoms with Gasteiger partial charge in [0.25, 0.3) is 5.91 Å². The van der Waals surface area contributed by atoms with Gasteiger partial charge in [-0.3, -0.25) is 9.59 Å². The Morgan fingerprint density at radius 1 is 1.24 bits per heavy atom. The molecule has 0 saturated carbocycles. The van der Waals surface area contributed by atoms with Crippen LogP contribution in [0.1, 0.15) is 29.0 Å². The minimum Gasteiger partial charge on any atom is -0.349 e. The van der Waals surface area contributed by atoms with Crippen LogP contribution in [0, 0.1) is 12.8 Å². The molecule has 0 bridgehead atoms. The predicted molar refractivity (Wildman–Crippen MR) is 115 cm³/mol. The second-order valence-corrected chi connectivity index (χ2v) is 8.06. The molecule has 29 heavy (non-hydrogen) atoms.